The minimum absolute atomic E-state index is 0.165. The lowest BCUT2D eigenvalue weighted by Gasteiger charge is -2.46. The van der Waals surface area contributed by atoms with Crippen molar-refractivity contribution in [2.24, 2.45) is 28.7 Å². The number of ether oxygens (including phenoxy) is 5. The number of hydrogen-bond donors (Lipinski definition) is 1. The van der Waals surface area contributed by atoms with Gasteiger partial charge in [0.2, 0.25) is 0 Å². The summed E-state index contributed by atoms with van der Waals surface area (Å²) in [5.41, 5.74) is -2.41. The molecule has 3 saturated heterocycles. The normalized spacial score (nSPS) is 39.0. The van der Waals surface area contributed by atoms with Crippen molar-refractivity contribution in [2.75, 3.05) is 34.3 Å². The Hall–Kier alpha value is -3.82. The number of benzene rings is 1. The molecule has 13 nitrogen and oxygen atoms in total. The summed E-state index contributed by atoms with van der Waals surface area (Å²) in [6.07, 6.45) is -1.31. The Balaban J connectivity index is 1.46. The second-order valence-corrected chi connectivity index (χ2v) is 17.1. The Morgan fingerprint density at radius 3 is 2.48 bits per heavy atom. The van der Waals surface area contributed by atoms with Crippen LogP contribution in [0.5, 0.6) is 0 Å². The van der Waals surface area contributed by atoms with Crippen LogP contribution >= 0.6 is 0 Å². The number of aromatic nitrogens is 1. The van der Waals surface area contributed by atoms with E-state index in [-0.39, 0.29) is 31.0 Å². The third-order valence-electron chi connectivity index (χ3n) is 13.1. The van der Waals surface area contributed by atoms with Crippen LogP contribution in [0.25, 0.3) is 17.0 Å². The lowest BCUT2D eigenvalue weighted by atomic mass is 9.72. The van der Waals surface area contributed by atoms with E-state index in [1.165, 1.54) is 13.0 Å². The summed E-state index contributed by atoms with van der Waals surface area (Å²) in [4.78, 5) is 56.1. The van der Waals surface area contributed by atoms with Crippen LogP contribution < -0.4 is 0 Å². The van der Waals surface area contributed by atoms with E-state index in [1.54, 1.807) is 38.1 Å². The number of fused-ring (bicyclic) bond motifs is 2. The number of cyclic esters (lactones) is 1. The van der Waals surface area contributed by atoms with Gasteiger partial charge < -0.3 is 33.7 Å². The van der Waals surface area contributed by atoms with Crippen molar-refractivity contribution >= 4 is 40.5 Å². The number of alkyl halides is 1. The number of aliphatic hydroxyl groups is 1. The first-order chi connectivity index (χ1) is 27.5. The number of ketones is 1. The van der Waals surface area contributed by atoms with Crippen LogP contribution in [0.3, 0.4) is 0 Å². The van der Waals surface area contributed by atoms with Gasteiger partial charge in [-0.1, -0.05) is 65.0 Å². The zero-order chi connectivity index (χ0) is 42.3. The van der Waals surface area contributed by atoms with E-state index in [0.717, 1.165) is 16.6 Å². The molecule has 1 aromatic heterocycles. The van der Waals surface area contributed by atoms with E-state index in [9.17, 15) is 19.5 Å². The number of amides is 1. The molecule has 6 rings (SSSR count). The summed E-state index contributed by atoms with van der Waals surface area (Å²) in [5, 5.41) is 12.5. The van der Waals surface area contributed by atoms with Gasteiger partial charge in [-0.25, -0.2) is 14.0 Å². The van der Waals surface area contributed by atoms with Gasteiger partial charge in [-0.3, -0.25) is 19.7 Å². The highest BCUT2D eigenvalue weighted by atomic mass is 19.1. The largest absolute Gasteiger partial charge is 0.455 e. The fourth-order valence-corrected chi connectivity index (χ4v) is 10.0. The van der Waals surface area contributed by atoms with E-state index in [0.29, 0.717) is 18.5 Å². The predicted octanol–water partition coefficient (Wildman–Crippen LogP) is 5.66. The number of Topliss-reactive ketones (excluding diaryl/α,β-unsaturated/α-hetero) is 1. The molecule has 2 bridgehead atoms. The second-order valence-electron chi connectivity index (χ2n) is 17.1. The number of halogens is 1. The first kappa shape index (κ1) is 43.8. The number of carbonyl (C=O) groups excluding carboxylic acids is 3. The number of methoxy groups -OCH3 is 1. The minimum Gasteiger partial charge on any atom is -0.455 e. The SMILES string of the molecule is CC[C@H]1OC(=O)C(F)(C/C=C/c2cnc3ccccc3c2)C(=O)[C@H](C)[C@@H](O[C@@H]2O[C@H](C)C[C@H](N(C)C)[C@H]2O)[C@@H](C)[C@@H](OC)[C@@H](C)C2=NCCN3C(=O)O[C@@]1(C)C3[C@H]2C. The van der Waals surface area contributed by atoms with E-state index < -0.39 is 90.0 Å². The third kappa shape index (κ3) is 8.07. The van der Waals surface area contributed by atoms with Gasteiger partial charge in [0, 0.05) is 67.1 Å². The van der Waals surface area contributed by atoms with Crippen molar-refractivity contribution in [3.63, 3.8) is 0 Å². The van der Waals surface area contributed by atoms with E-state index in [1.807, 2.05) is 77.0 Å². The number of allylic oxidation sites excluding steroid dienone is 1. The highest BCUT2D eigenvalue weighted by Gasteiger charge is 2.62. The maximum Gasteiger partial charge on any atom is 0.410 e. The number of carbonyl (C=O) groups is 3. The molecule has 318 valence electrons. The number of likely N-dealkylation sites (N-methyl/N-ethyl adjacent to an activating group) is 1. The fraction of sp³-hybridized carbons (Fsp3) is 0.659. The molecule has 0 radical (unpaired) electrons. The van der Waals surface area contributed by atoms with E-state index in [4.69, 9.17) is 28.7 Å². The maximum absolute atomic E-state index is 18.1. The molecule has 0 spiro atoms. The van der Waals surface area contributed by atoms with Crippen molar-refractivity contribution in [1.82, 2.24) is 14.8 Å². The molecule has 0 saturated carbocycles. The number of aliphatic imine (C=N–C) groups is 1. The molecule has 1 aromatic carbocycles. The number of pyridine rings is 1. The molecule has 0 aliphatic carbocycles. The Labute approximate surface area is 341 Å². The minimum atomic E-state index is -3.21. The topological polar surface area (TPSA) is 149 Å². The summed E-state index contributed by atoms with van der Waals surface area (Å²) in [6, 6.07) is 8.49. The second kappa shape index (κ2) is 17.4. The zero-order valence-corrected chi connectivity index (χ0v) is 35.5. The van der Waals surface area contributed by atoms with E-state index in [2.05, 4.69) is 4.98 Å². The number of esters is 1. The molecule has 58 heavy (non-hydrogen) atoms. The lowest BCUT2D eigenvalue weighted by molar-refractivity contribution is -0.281. The third-order valence-corrected chi connectivity index (χ3v) is 13.1. The molecule has 2 unspecified atom stereocenters. The van der Waals surface area contributed by atoms with Gasteiger partial charge in [0.25, 0.3) is 5.67 Å². The first-order valence-electron chi connectivity index (χ1n) is 20.6. The van der Waals surface area contributed by atoms with Gasteiger partial charge in [0.15, 0.2) is 17.7 Å². The average Bonchev–Trinajstić information content (AvgIpc) is 3.32. The summed E-state index contributed by atoms with van der Waals surface area (Å²) < 4.78 is 49.4. The molecule has 14 atom stereocenters. The van der Waals surface area contributed by atoms with Crippen LogP contribution in [0.15, 0.2) is 47.6 Å². The molecule has 2 aromatic rings. The molecule has 3 fully saturated rings. The van der Waals surface area contributed by atoms with Crippen LogP contribution in [0.1, 0.15) is 73.3 Å². The van der Waals surface area contributed by atoms with Crippen molar-refractivity contribution in [3.8, 4) is 0 Å². The summed E-state index contributed by atoms with van der Waals surface area (Å²) in [7, 11) is 5.29. The van der Waals surface area contributed by atoms with Crippen LogP contribution in [-0.4, -0.2) is 138 Å². The highest BCUT2D eigenvalue weighted by molar-refractivity contribution is 6.08. The van der Waals surface area contributed by atoms with Gasteiger partial charge in [0.1, 0.15) is 12.2 Å². The zero-order valence-electron chi connectivity index (χ0n) is 35.5. The molecular weight excluding hydrogens is 748 g/mol. The molecular formula is C44H61FN4O9. The van der Waals surface area contributed by atoms with Crippen LogP contribution in [0.2, 0.25) is 0 Å². The number of para-hydroxylation sites is 1. The number of rotatable bonds is 8. The fourth-order valence-electron chi connectivity index (χ4n) is 10.0. The molecule has 1 amide bonds. The van der Waals surface area contributed by atoms with Gasteiger partial charge in [-0.15, -0.1) is 0 Å². The van der Waals surface area contributed by atoms with Crippen LogP contribution in [0, 0.1) is 23.7 Å². The van der Waals surface area contributed by atoms with Crippen molar-refractivity contribution in [1.29, 1.82) is 0 Å². The Bertz CT molecular complexity index is 1890. The monoisotopic (exact) mass is 808 g/mol. The summed E-state index contributed by atoms with van der Waals surface area (Å²) >= 11 is 0. The lowest BCUT2D eigenvalue weighted by Crippen LogP contribution is -2.60. The predicted molar refractivity (Wildman–Crippen MR) is 217 cm³/mol. The molecule has 1 N–H and O–H groups in total. The maximum atomic E-state index is 18.1. The van der Waals surface area contributed by atoms with Crippen molar-refractivity contribution in [3.05, 3.63) is 48.2 Å². The average molecular weight is 809 g/mol. The van der Waals surface area contributed by atoms with Crippen molar-refractivity contribution < 1.29 is 47.6 Å². The van der Waals surface area contributed by atoms with Crippen LogP contribution in [-0.2, 0) is 33.3 Å². The van der Waals surface area contributed by atoms with Gasteiger partial charge in [0.05, 0.1) is 36.4 Å². The Morgan fingerprint density at radius 1 is 1.07 bits per heavy atom. The summed E-state index contributed by atoms with van der Waals surface area (Å²) in [6.45, 7) is 13.3. The van der Waals surface area contributed by atoms with Crippen molar-refractivity contribution in [2.45, 2.75) is 128 Å². The number of hydrogen-bond acceptors (Lipinski definition) is 12. The molecule has 4 aliphatic rings. The van der Waals surface area contributed by atoms with Crippen LogP contribution in [0.4, 0.5) is 9.18 Å². The highest BCUT2D eigenvalue weighted by Crippen LogP contribution is 2.44. The van der Waals surface area contributed by atoms with Gasteiger partial charge in [-0.2, -0.15) is 0 Å². The smallest absolute Gasteiger partial charge is 0.410 e. The first-order valence-corrected chi connectivity index (χ1v) is 20.6. The quantitative estimate of drug-likeness (QED) is 0.260. The van der Waals surface area contributed by atoms with E-state index >= 15 is 4.39 Å². The Morgan fingerprint density at radius 2 is 1.79 bits per heavy atom. The van der Waals surface area contributed by atoms with Gasteiger partial charge in [-0.05, 0) is 58.5 Å². The standard InChI is InChI=1S/C44H61FN4O9/c1-11-33-43(7)38-26(4)34(46-19-20-49(38)42(53)58-43)25(3)36(54-10)27(5)37(57-40-35(50)32(48(8)9)21-24(2)55-40)28(6)39(51)44(45,41(52)56-33)18-14-15-29-22-30-16-12-13-17-31(30)47-23-29/h12-17,22-28,32-33,35-38,40,50H,11,18-21H2,1-10H3/b15-14+/t24-,25+,26+,27+,28-,32+,33-,35-,36+,37+,38?,40+,43-,44?/m1/s1. The van der Waals surface area contributed by atoms with Gasteiger partial charge >= 0.3 is 12.1 Å². The molecule has 14 heteroatoms. The number of aliphatic hydroxyl groups excluding tert-OH is 1. The Kier molecular flexibility index (Phi) is 13.1. The summed E-state index contributed by atoms with van der Waals surface area (Å²) in [5.74, 6) is -5.15. The molecule has 5 heterocycles. The number of nitrogens with zero attached hydrogens (tertiary/aromatic N) is 4. The molecule has 4 aliphatic heterocycles.